The molecule has 3 rings (SSSR count). The molecule has 134 valence electrons. The second-order valence-corrected chi connectivity index (χ2v) is 8.24. The Kier molecular flexibility index (Phi) is 5.28. The van der Waals surface area contributed by atoms with Crippen molar-refractivity contribution in [1.29, 1.82) is 5.26 Å². The van der Waals surface area contributed by atoms with E-state index >= 15 is 0 Å². The van der Waals surface area contributed by atoms with Crippen LogP contribution in [0.15, 0.2) is 47.4 Å². The molecule has 1 heterocycles. The number of sulfonamides is 1. The van der Waals surface area contributed by atoms with Gasteiger partial charge in [0.25, 0.3) is 5.91 Å². The smallest absolute Gasteiger partial charge is 0.255 e. The van der Waals surface area contributed by atoms with Gasteiger partial charge in [-0.2, -0.15) is 9.57 Å². The maximum absolute atomic E-state index is 12.6. The molecule has 0 atom stereocenters. The lowest BCUT2D eigenvalue weighted by atomic mass is 10.2. The van der Waals surface area contributed by atoms with Gasteiger partial charge in [-0.25, -0.2) is 8.42 Å². The first-order valence-corrected chi connectivity index (χ1v) is 9.85. The Morgan fingerprint density at radius 2 is 1.88 bits per heavy atom. The fraction of sp³-hybridized carbons (Fsp3) is 0.222. The number of amides is 1. The summed E-state index contributed by atoms with van der Waals surface area (Å²) in [6, 6.07) is 12.4. The monoisotopic (exact) mass is 389 g/mol. The van der Waals surface area contributed by atoms with Crippen LogP contribution in [0.2, 0.25) is 5.02 Å². The lowest BCUT2D eigenvalue weighted by molar-refractivity contribution is 0.102. The largest absolute Gasteiger partial charge is 0.322 e. The van der Waals surface area contributed by atoms with Crippen LogP contribution in [0, 0.1) is 11.3 Å². The molecule has 0 bridgehead atoms. The molecular weight excluding hydrogens is 374 g/mol. The number of nitrogens with zero attached hydrogens (tertiary/aromatic N) is 2. The van der Waals surface area contributed by atoms with Gasteiger partial charge in [-0.05, 0) is 49.2 Å². The minimum atomic E-state index is -3.59. The molecule has 6 nitrogen and oxygen atoms in total. The number of halogens is 1. The summed E-state index contributed by atoms with van der Waals surface area (Å²) in [7, 11) is -3.59. The topological polar surface area (TPSA) is 90.3 Å². The number of rotatable bonds is 4. The lowest BCUT2D eigenvalue weighted by Gasteiger charge is -2.16. The van der Waals surface area contributed by atoms with Crippen molar-refractivity contribution in [3.05, 3.63) is 58.6 Å². The molecule has 0 saturated carbocycles. The van der Waals surface area contributed by atoms with Crippen molar-refractivity contribution in [2.45, 2.75) is 17.7 Å². The molecule has 2 aromatic rings. The van der Waals surface area contributed by atoms with Gasteiger partial charge in [-0.3, -0.25) is 4.79 Å². The zero-order chi connectivity index (χ0) is 18.7. The molecule has 1 aliphatic rings. The highest BCUT2D eigenvalue weighted by molar-refractivity contribution is 7.89. The van der Waals surface area contributed by atoms with Crippen molar-refractivity contribution in [1.82, 2.24) is 4.31 Å². The van der Waals surface area contributed by atoms with E-state index < -0.39 is 15.9 Å². The average molecular weight is 390 g/mol. The molecule has 2 aromatic carbocycles. The molecule has 0 aromatic heterocycles. The highest BCUT2D eigenvalue weighted by atomic mass is 35.5. The Morgan fingerprint density at radius 1 is 1.15 bits per heavy atom. The predicted molar refractivity (Wildman–Crippen MR) is 98.6 cm³/mol. The van der Waals surface area contributed by atoms with Crippen LogP contribution in [-0.4, -0.2) is 31.7 Å². The van der Waals surface area contributed by atoms with Crippen LogP contribution < -0.4 is 5.32 Å². The van der Waals surface area contributed by atoms with Crippen LogP contribution in [0.1, 0.15) is 28.8 Å². The standard InChI is InChI=1S/C18H16ClN3O3S/c19-17-7-6-15(10-14(17)12-20)21-18(23)13-4-3-5-16(11-13)26(24,25)22-8-1-2-9-22/h3-7,10-11H,1-2,8-9H2,(H,21,23). The third kappa shape index (κ3) is 3.73. The minimum Gasteiger partial charge on any atom is -0.322 e. The summed E-state index contributed by atoms with van der Waals surface area (Å²) in [6.45, 7) is 1.00. The minimum absolute atomic E-state index is 0.0980. The van der Waals surface area contributed by atoms with Crippen molar-refractivity contribution in [2.24, 2.45) is 0 Å². The van der Waals surface area contributed by atoms with Crippen molar-refractivity contribution in [2.75, 3.05) is 18.4 Å². The van der Waals surface area contributed by atoms with E-state index in [0.29, 0.717) is 23.8 Å². The van der Waals surface area contributed by atoms with E-state index in [1.54, 1.807) is 18.2 Å². The molecule has 26 heavy (non-hydrogen) atoms. The second-order valence-electron chi connectivity index (χ2n) is 5.90. The summed E-state index contributed by atoms with van der Waals surface area (Å²) in [4.78, 5) is 12.6. The van der Waals surface area contributed by atoms with Gasteiger partial charge in [0.2, 0.25) is 10.0 Å². The molecule has 8 heteroatoms. The summed E-state index contributed by atoms with van der Waals surface area (Å²) in [5.74, 6) is -0.463. The van der Waals surface area contributed by atoms with Crippen LogP contribution in [0.25, 0.3) is 0 Å². The molecule has 0 aliphatic carbocycles. The lowest BCUT2D eigenvalue weighted by Crippen LogP contribution is -2.28. The van der Waals surface area contributed by atoms with Crippen LogP contribution in [0.3, 0.4) is 0 Å². The molecule has 0 radical (unpaired) electrons. The maximum atomic E-state index is 12.6. The third-order valence-electron chi connectivity index (χ3n) is 4.14. The van der Waals surface area contributed by atoms with Gasteiger partial charge in [0.1, 0.15) is 6.07 Å². The van der Waals surface area contributed by atoms with Crippen LogP contribution >= 0.6 is 11.6 Å². The number of hydrogen-bond acceptors (Lipinski definition) is 4. The number of nitriles is 1. The number of nitrogens with one attached hydrogen (secondary N) is 1. The van der Waals surface area contributed by atoms with Gasteiger partial charge in [0.15, 0.2) is 0 Å². The summed E-state index contributed by atoms with van der Waals surface area (Å²) < 4.78 is 26.7. The normalized spacial score (nSPS) is 14.8. The number of anilines is 1. The number of benzene rings is 2. The first-order chi connectivity index (χ1) is 12.4. The van der Waals surface area contributed by atoms with Gasteiger partial charge in [0.05, 0.1) is 15.5 Å². The second kappa shape index (κ2) is 7.46. The van der Waals surface area contributed by atoms with Crippen LogP contribution in [0.5, 0.6) is 0 Å². The highest BCUT2D eigenvalue weighted by Crippen LogP contribution is 2.23. The van der Waals surface area contributed by atoms with E-state index in [1.165, 1.54) is 28.6 Å². The van der Waals surface area contributed by atoms with Gasteiger partial charge >= 0.3 is 0 Å². The number of hydrogen-bond donors (Lipinski definition) is 1. The Hall–Kier alpha value is -2.40. The molecule has 0 spiro atoms. The van der Waals surface area contributed by atoms with Gasteiger partial charge in [-0.1, -0.05) is 17.7 Å². The summed E-state index contributed by atoms with van der Waals surface area (Å²) in [5.41, 5.74) is 0.873. The van der Waals surface area contributed by atoms with E-state index in [-0.39, 0.29) is 16.0 Å². The Morgan fingerprint density at radius 3 is 2.58 bits per heavy atom. The summed E-state index contributed by atoms with van der Waals surface area (Å²) >= 11 is 5.88. The first-order valence-electron chi connectivity index (χ1n) is 8.03. The Balaban J connectivity index is 1.84. The third-order valence-corrected chi connectivity index (χ3v) is 6.37. The zero-order valence-electron chi connectivity index (χ0n) is 13.8. The fourth-order valence-electron chi connectivity index (χ4n) is 2.77. The van der Waals surface area contributed by atoms with Crippen LogP contribution in [-0.2, 0) is 10.0 Å². The fourth-order valence-corrected chi connectivity index (χ4v) is 4.49. The quantitative estimate of drug-likeness (QED) is 0.868. The van der Waals surface area contributed by atoms with E-state index in [0.717, 1.165) is 12.8 Å². The molecule has 1 aliphatic heterocycles. The Labute approximate surface area is 157 Å². The number of carbonyl (C=O) groups is 1. The molecule has 1 amide bonds. The summed E-state index contributed by atoms with van der Waals surface area (Å²) in [5, 5.41) is 12.0. The van der Waals surface area contributed by atoms with Crippen molar-refractivity contribution in [3.63, 3.8) is 0 Å². The Bertz CT molecular complexity index is 993. The van der Waals surface area contributed by atoms with Crippen molar-refractivity contribution < 1.29 is 13.2 Å². The summed E-state index contributed by atoms with van der Waals surface area (Å²) in [6.07, 6.45) is 1.69. The molecule has 1 fully saturated rings. The van der Waals surface area contributed by atoms with E-state index in [4.69, 9.17) is 16.9 Å². The number of carbonyl (C=O) groups excluding carboxylic acids is 1. The van der Waals surface area contributed by atoms with Crippen molar-refractivity contribution >= 4 is 33.2 Å². The molecule has 0 unspecified atom stereocenters. The zero-order valence-corrected chi connectivity index (χ0v) is 15.3. The van der Waals surface area contributed by atoms with Gasteiger partial charge < -0.3 is 5.32 Å². The average Bonchev–Trinajstić information content (AvgIpc) is 3.19. The first kappa shape index (κ1) is 18.4. The highest BCUT2D eigenvalue weighted by Gasteiger charge is 2.27. The van der Waals surface area contributed by atoms with Crippen molar-refractivity contribution in [3.8, 4) is 6.07 Å². The molecule has 1 N–H and O–H groups in total. The van der Waals surface area contributed by atoms with E-state index in [1.807, 2.05) is 6.07 Å². The van der Waals surface area contributed by atoms with E-state index in [2.05, 4.69) is 5.32 Å². The SMILES string of the molecule is N#Cc1cc(NC(=O)c2cccc(S(=O)(=O)N3CCCC3)c2)ccc1Cl. The molecular formula is C18H16ClN3O3S. The molecule has 1 saturated heterocycles. The van der Waals surface area contributed by atoms with Gasteiger partial charge in [0, 0.05) is 24.3 Å². The van der Waals surface area contributed by atoms with Gasteiger partial charge in [-0.15, -0.1) is 0 Å². The van der Waals surface area contributed by atoms with Crippen LogP contribution in [0.4, 0.5) is 5.69 Å². The van der Waals surface area contributed by atoms with E-state index in [9.17, 15) is 13.2 Å². The maximum Gasteiger partial charge on any atom is 0.255 e. The predicted octanol–water partition coefficient (Wildman–Crippen LogP) is 3.25.